The highest BCUT2D eigenvalue weighted by Gasteiger charge is 2.32. The number of rotatable bonds is 5. The zero-order valence-electron chi connectivity index (χ0n) is 15.0. The van der Waals surface area contributed by atoms with Gasteiger partial charge in [0.2, 0.25) is 6.10 Å². The summed E-state index contributed by atoms with van der Waals surface area (Å²) in [7, 11) is 0. The van der Waals surface area contributed by atoms with Gasteiger partial charge in [0.15, 0.2) is 0 Å². The predicted molar refractivity (Wildman–Crippen MR) is 103 cm³/mol. The number of nitrogens with one attached hydrogen (secondary N) is 1. The van der Waals surface area contributed by atoms with Crippen LogP contribution in [0.5, 0.6) is 11.5 Å². The Hall–Kier alpha value is -3.54. The van der Waals surface area contributed by atoms with Crippen molar-refractivity contribution >= 4 is 22.6 Å². The van der Waals surface area contributed by atoms with Crippen LogP contribution in [0, 0.1) is 0 Å². The Morgan fingerprint density at radius 1 is 0.964 bits per heavy atom. The van der Waals surface area contributed by atoms with E-state index in [1.165, 1.54) is 0 Å². The van der Waals surface area contributed by atoms with E-state index in [2.05, 4.69) is 5.32 Å². The molecule has 0 aromatic heterocycles. The zero-order chi connectivity index (χ0) is 19.7. The first-order valence-corrected chi connectivity index (χ1v) is 9.04. The number of ether oxygens (including phenoxy) is 1. The van der Waals surface area contributed by atoms with Crippen LogP contribution in [0.3, 0.4) is 0 Å². The molecule has 1 fully saturated rings. The highest BCUT2D eigenvalue weighted by atomic mass is 16.5. The van der Waals surface area contributed by atoms with Gasteiger partial charge in [0.05, 0.1) is 0 Å². The first-order valence-electron chi connectivity index (χ1n) is 9.04. The molecule has 1 saturated carbocycles. The molecule has 6 heteroatoms. The molecule has 1 atom stereocenters. The van der Waals surface area contributed by atoms with Gasteiger partial charge in [-0.2, -0.15) is 0 Å². The van der Waals surface area contributed by atoms with Crippen LogP contribution in [0.25, 0.3) is 10.8 Å². The van der Waals surface area contributed by atoms with Gasteiger partial charge in [-0.05, 0) is 18.9 Å². The highest BCUT2D eigenvalue weighted by molar-refractivity contribution is 6.04. The number of benzene rings is 3. The SMILES string of the molecule is O=C(O[C@@H](C(=O)NC1CC1)c1ccccc1)c1cc(O)c2ccccc2c1O. The third kappa shape index (κ3) is 3.49. The first kappa shape index (κ1) is 17.9. The maximum atomic E-state index is 12.8. The number of carbonyl (C=O) groups excluding carboxylic acids is 2. The summed E-state index contributed by atoms with van der Waals surface area (Å²) in [5.74, 6) is -1.75. The number of aromatic hydroxyl groups is 2. The van der Waals surface area contributed by atoms with Crippen molar-refractivity contribution in [3.63, 3.8) is 0 Å². The second-order valence-corrected chi connectivity index (χ2v) is 6.82. The molecule has 3 aromatic carbocycles. The van der Waals surface area contributed by atoms with Gasteiger partial charge in [0.25, 0.3) is 5.91 Å². The van der Waals surface area contributed by atoms with Crippen LogP contribution in [0.15, 0.2) is 60.7 Å². The van der Waals surface area contributed by atoms with Crippen molar-refractivity contribution in [3.05, 3.63) is 71.8 Å². The molecule has 1 amide bonds. The summed E-state index contributed by atoms with van der Waals surface area (Å²) in [4.78, 5) is 25.4. The molecule has 0 saturated heterocycles. The second kappa shape index (κ2) is 7.23. The van der Waals surface area contributed by atoms with Crippen LogP contribution >= 0.6 is 0 Å². The quantitative estimate of drug-likeness (QED) is 0.468. The average molecular weight is 377 g/mol. The molecule has 0 spiro atoms. The summed E-state index contributed by atoms with van der Waals surface area (Å²) in [6.07, 6.45) is 0.656. The van der Waals surface area contributed by atoms with Gasteiger partial charge in [-0.25, -0.2) is 4.79 Å². The third-order valence-electron chi connectivity index (χ3n) is 4.70. The fourth-order valence-electron chi connectivity index (χ4n) is 3.07. The summed E-state index contributed by atoms with van der Waals surface area (Å²) >= 11 is 0. The molecule has 142 valence electrons. The molecule has 3 N–H and O–H groups in total. The minimum absolute atomic E-state index is 0.107. The van der Waals surface area contributed by atoms with Gasteiger partial charge >= 0.3 is 5.97 Å². The van der Waals surface area contributed by atoms with Crippen molar-refractivity contribution in [2.75, 3.05) is 0 Å². The number of phenolic OH excluding ortho intramolecular Hbond substituents is 2. The smallest absolute Gasteiger partial charge is 0.343 e. The summed E-state index contributed by atoms with van der Waals surface area (Å²) in [5.41, 5.74) is 0.329. The number of amides is 1. The number of carbonyl (C=O) groups is 2. The number of esters is 1. The predicted octanol–water partition coefficient (Wildman–Crippen LogP) is 3.43. The van der Waals surface area contributed by atoms with Gasteiger partial charge in [-0.3, -0.25) is 4.79 Å². The molecule has 1 aliphatic carbocycles. The standard InChI is InChI=1S/C22H19NO5/c24-18-12-17(19(25)16-9-5-4-8-15(16)18)22(27)28-20(13-6-2-1-3-7-13)21(26)23-14-10-11-14/h1-9,12,14,20,24-25H,10-11H2,(H,23,26)/t20-/m1/s1. The van der Waals surface area contributed by atoms with Crippen molar-refractivity contribution in [1.29, 1.82) is 0 Å². The van der Waals surface area contributed by atoms with Crippen LogP contribution < -0.4 is 5.32 Å². The molecule has 1 aliphatic rings. The largest absolute Gasteiger partial charge is 0.507 e. The topological polar surface area (TPSA) is 95.9 Å². The fourth-order valence-corrected chi connectivity index (χ4v) is 3.07. The molecule has 3 aromatic rings. The fraction of sp³-hybridized carbons (Fsp3) is 0.182. The maximum Gasteiger partial charge on any atom is 0.343 e. The van der Waals surface area contributed by atoms with Crippen LogP contribution in [-0.2, 0) is 9.53 Å². The van der Waals surface area contributed by atoms with E-state index in [1.807, 2.05) is 0 Å². The van der Waals surface area contributed by atoms with E-state index >= 15 is 0 Å². The van der Waals surface area contributed by atoms with E-state index in [1.54, 1.807) is 54.6 Å². The lowest BCUT2D eigenvalue weighted by atomic mass is 10.0. The minimum Gasteiger partial charge on any atom is -0.507 e. The molecular weight excluding hydrogens is 358 g/mol. The molecule has 28 heavy (non-hydrogen) atoms. The van der Waals surface area contributed by atoms with E-state index in [0.29, 0.717) is 16.3 Å². The van der Waals surface area contributed by atoms with Crippen LogP contribution in [-0.4, -0.2) is 28.1 Å². The molecule has 0 heterocycles. The lowest BCUT2D eigenvalue weighted by Gasteiger charge is -2.19. The molecule has 0 aliphatic heterocycles. The monoisotopic (exact) mass is 377 g/mol. The molecule has 4 rings (SSSR count). The lowest BCUT2D eigenvalue weighted by molar-refractivity contribution is -0.130. The summed E-state index contributed by atoms with van der Waals surface area (Å²) in [6.45, 7) is 0. The Kier molecular flexibility index (Phi) is 4.61. The van der Waals surface area contributed by atoms with Gasteiger partial charge in [-0.1, -0.05) is 54.6 Å². The number of fused-ring (bicyclic) bond motifs is 1. The Morgan fingerprint density at radius 3 is 2.29 bits per heavy atom. The van der Waals surface area contributed by atoms with Crippen molar-refractivity contribution < 1.29 is 24.5 Å². The molecular formula is C22H19NO5. The number of phenols is 2. The summed E-state index contributed by atoms with van der Waals surface area (Å²) in [6, 6.07) is 16.6. The van der Waals surface area contributed by atoms with E-state index in [0.717, 1.165) is 18.9 Å². The van der Waals surface area contributed by atoms with Crippen LogP contribution in [0.2, 0.25) is 0 Å². The van der Waals surface area contributed by atoms with Crippen molar-refractivity contribution in [2.45, 2.75) is 25.0 Å². The van der Waals surface area contributed by atoms with E-state index in [-0.39, 0.29) is 23.1 Å². The summed E-state index contributed by atoms with van der Waals surface area (Å²) in [5, 5.41) is 24.3. The van der Waals surface area contributed by atoms with Gasteiger partial charge in [0, 0.05) is 22.4 Å². The van der Waals surface area contributed by atoms with Crippen molar-refractivity contribution in [1.82, 2.24) is 5.32 Å². The van der Waals surface area contributed by atoms with E-state index in [4.69, 9.17) is 4.74 Å². The highest BCUT2D eigenvalue weighted by Crippen LogP contribution is 2.36. The van der Waals surface area contributed by atoms with Crippen LogP contribution in [0.1, 0.15) is 34.9 Å². The van der Waals surface area contributed by atoms with Gasteiger partial charge in [-0.15, -0.1) is 0 Å². The van der Waals surface area contributed by atoms with Gasteiger partial charge in [0.1, 0.15) is 17.1 Å². The van der Waals surface area contributed by atoms with Crippen LogP contribution in [0.4, 0.5) is 0 Å². The third-order valence-corrected chi connectivity index (χ3v) is 4.70. The maximum absolute atomic E-state index is 12.8. The minimum atomic E-state index is -1.15. The lowest BCUT2D eigenvalue weighted by Crippen LogP contribution is -2.33. The zero-order valence-corrected chi connectivity index (χ0v) is 15.0. The average Bonchev–Trinajstić information content (AvgIpc) is 3.53. The Balaban J connectivity index is 1.67. The first-order chi connectivity index (χ1) is 13.5. The Morgan fingerprint density at radius 2 is 1.61 bits per heavy atom. The molecule has 0 radical (unpaired) electrons. The Labute approximate surface area is 161 Å². The van der Waals surface area contributed by atoms with E-state index in [9.17, 15) is 19.8 Å². The molecule has 0 unspecified atom stereocenters. The van der Waals surface area contributed by atoms with Gasteiger partial charge < -0.3 is 20.3 Å². The molecule has 6 nitrogen and oxygen atoms in total. The van der Waals surface area contributed by atoms with Crippen molar-refractivity contribution in [3.8, 4) is 11.5 Å². The summed E-state index contributed by atoms with van der Waals surface area (Å²) < 4.78 is 5.48. The molecule has 0 bridgehead atoms. The number of hydrogen-bond acceptors (Lipinski definition) is 5. The van der Waals surface area contributed by atoms with Crippen molar-refractivity contribution in [2.24, 2.45) is 0 Å². The Bertz CT molecular complexity index is 1040. The normalized spacial score (nSPS) is 14.4. The second-order valence-electron chi connectivity index (χ2n) is 6.82. The number of hydrogen-bond donors (Lipinski definition) is 3. The van der Waals surface area contributed by atoms with E-state index < -0.39 is 18.0 Å².